The molecule has 4 rings (SSSR count). The quantitative estimate of drug-likeness (QED) is 0.432. The molecular weight excluding hydrogens is 424 g/mol. The van der Waals surface area contributed by atoms with Crippen LogP contribution in [0.25, 0.3) is 0 Å². The summed E-state index contributed by atoms with van der Waals surface area (Å²) in [7, 11) is 1.78. The number of barbiturate groups is 1. The molecule has 2 aliphatic rings. The molecule has 0 unspecified atom stereocenters. The molecule has 0 saturated carbocycles. The third-order valence-corrected chi connectivity index (χ3v) is 6.73. The van der Waals surface area contributed by atoms with Gasteiger partial charge in [-0.1, -0.05) is 31.0 Å². The lowest BCUT2D eigenvalue weighted by molar-refractivity contribution is -0.384. The van der Waals surface area contributed by atoms with E-state index in [2.05, 4.69) is 5.32 Å². The summed E-state index contributed by atoms with van der Waals surface area (Å²) in [6.07, 6.45) is 1.20. The maximum Gasteiger partial charge on any atom is 0.335 e. The molecule has 1 spiro atoms. The SMILES string of the molecule is CCC[C@@H]1N(C)c2ccc([N+](=O)[O-])cc2C[C@@]12C(=O)NC(=O)N(c1ccc(C)cc1C)C2=O. The van der Waals surface area contributed by atoms with Gasteiger partial charge >= 0.3 is 6.03 Å². The van der Waals surface area contributed by atoms with Crippen molar-refractivity contribution in [3.05, 3.63) is 63.2 Å². The first kappa shape index (κ1) is 22.4. The second-order valence-corrected chi connectivity index (χ2v) is 8.82. The number of nitro benzene ring substituents is 1. The van der Waals surface area contributed by atoms with Gasteiger partial charge < -0.3 is 4.90 Å². The molecule has 2 atom stereocenters. The fourth-order valence-electron chi connectivity index (χ4n) is 5.18. The van der Waals surface area contributed by atoms with Gasteiger partial charge in [0.2, 0.25) is 5.91 Å². The van der Waals surface area contributed by atoms with E-state index in [0.29, 0.717) is 24.1 Å². The number of non-ortho nitro benzene ring substituents is 1. The molecular formula is C24H26N4O5. The molecule has 9 nitrogen and oxygen atoms in total. The van der Waals surface area contributed by atoms with E-state index in [1.807, 2.05) is 24.8 Å². The number of imide groups is 2. The van der Waals surface area contributed by atoms with E-state index in [4.69, 9.17) is 0 Å². The fourth-order valence-corrected chi connectivity index (χ4v) is 5.18. The summed E-state index contributed by atoms with van der Waals surface area (Å²) in [4.78, 5) is 54.2. The standard InChI is InChI=1S/C24H26N4O5/c1-5-6-20-24(13-16-12-17(28(32)33)8-10-19(16)26(20)4)21(29)25-23(31)27(22(24)30)18-9-7-14(2)11-15(18)3/h7-12,20H,5-6,13H2,1-4H3,(H,25,29,31)/t20-,24-/m0/s1. The van der Waals surface area contributed by atoms with Crippen LogP contribution in [0, 0.1) is 29.4 Å². The van der Waals surface area contributed by atoms with E-state index in [0.717, 1.165) is 21.7 Å². The Morgan fingerprint density at radius 2 is 1.82 bits per heavy atom. The number of nitrogens with zero attached hydrogens (tertiary/aromatic N) is 3. The summed E-state index contributed by atoms with van der Waals surface area (Å²) < 4.78 is 0. The maximum absolute atomic E-state index is 14.1. The van der Waals surface area contributed by atoms with Crippen molar-refractivity contribution in [2.75, 3.05) is 16.8 Å². The average molecular weight is 450 g/mol. The summed E-state index contributed by atoms with van der Waals surface area (Å²) in [6.45, 7) is 5.68. The number of nitro groups is 1. The van der Waals surface area contributed by atoms with Crippen molar-refractivity contribution in [2.45, 2.75) is 46.1 Å². The monoisotopic (exact) mass is 450 g/mol. The van der Waals surface area contributed by atoms with E-state index < -0.39 is 34.2 Å². The van der Waals surface area contributed by atoms with Crippen LogP contribution in [0.2, 0.25) is 0 Å². The van der Waals surface area contributed by atoms with Gasteiger partial charge in [-0.05, 0) is 43.5 Å². The summed E-state index contributed by atoms with van der Waals surface area (Å²) in [5, 5.41) is 13.8. The second kappa shape index (κ2) is 7.99. The van der Waals surface area contributed by atoms with Crippen molar-refractivity contribution < 1.29 is 19.3 Å². The number of carbonyl (C=O) groups excluding carboxylic acids is 3. The van der Waals surface area contributed by atoms with Crippen LogP contribution in [0.15, 0.2) is 36.4 Å². The van der Waals surface area contributed by atoms with Crippen molar-refractivity contribution in [3.63, 3.8) is 0 Å². The summed E-state index contributed by atoms with van der Waals surface area (Å²) >= 11 is 0. The Bertz CT molecular complexity index is 1190. The summed E-state index contributed by atoms with van der Waals surface area (Å²) in [6, 6.07) is 8.55. The van der Waals surface area contributed by atoms with E-state index in [1.165, 1.54) is 12.1 Å². The van der Waals surface area contributed by atoms with Crippen molar-refractivity contribution in [1.29, 1.82) is 0 Å². The highest BCUT2D eigenvalue weighted by Gasteiger charge is 2.61. The third-order valence-electron chi connectivity index (χ3n) is 6.73. The van der Waals surface area contributed by atoms with Crippen LogP contribution in [-0.4, -0.2) is 35.9 Å². The molecule has 4 amide bonds. The van der Waals surface area contributed by atoms with Gasteiger partial charge in [0.1, 0.15) is 0 Å². The van der Waals surface area contributed by atoms with Crippen LogP contribution in [0.4, 0.5) is 21.9 Å². The topological polar surface area (TPSA) is 113 Å². The van der Waals surface area contributed by atoms with Gasteiger partial charge in [0.15, 0.2) is 5.41 Å². The average Bonchev–Trinajstić information content (AvgIpc) is 2.75. The number of aryl methyl sites for hydroxylation is 2. The van der Waals surface area contributed by atoms with Gasteiger partial charge in [0.25, 0.3) is 11.6 Å². The molecule has 0 bridgehead atoms. The van der Waals surface area contributed by atoms with Crippen LogP contribution in [0.5, 0.6) is 0 Å². The van der Waals surface area contributed by atoms with Crippen LogP contribution in [0.3, 0.4) is 0 Å². The number of hydrogen-bond acceptors (Lipinski definition) is 6. The van der Waals surface area contributed by atoms with E-state index in [1.54, 1.807) is 32.2 Å². The van der Waals surface area contributed by atoms with Crippen LogP contribution in [0.1, 0.15) is 36.5 Å². The molecule has 33 heavy (non-hydrogen) atoms. The lowest BCUT2D eigenvalue weighted by atomic mass is 9.67. The number of carbonyl (C=O) groups is 3. The predicted molar refractivity (Wildman–Crippen MR) is 123 cm³/mol. The molecule has 2 aromatic carbocycles. The Kier molecular flexibility index (Phi) is 5.43. The number of anilines is 2. The Labute approximate surface area is 191 Å². The van der Waals surface area contributed by atoms with Crippen LogP contribution < -0.4 is 15.1 Å². The lowest BCUT2D eigenvalue weighted by Gasteiger charge is -2.51. The Balaban J connectivity index is 1.90. The summed E-state index contributed by atoms with van der Waals surface area (Å²) in [5.41, 5.74) is 1.68. The lowest BCUT2D eigenvalue weighted by Crippen LogP contribution is -2.72. The molecule has 0 aliphatic carbocycles. The molecule has 9 heteroatoms. The van der Waals surface area contributed by atoms with Crippen LogP contribution >= 0.6 is 0 Å². The first-order chi connectivity index (χ1) is 15.6. The van der Waals surface area contributed by atoms with Crippen LogP contribution in [-0.2, 0) is 16.0 Å². The summed E-state index contributed by atoms with van der Waals surface area (Å²) in [5.74, 6) is -1.27. The van der Waals surface area contributed by atoms with Gasteiger partial charge in [0, 0.05) is 31.3 Å². The number of rotatable bonds is 4. The number of hydrogen-bond donors (Lipinski definition) is 1. The van der Waals surface area contributed by atoms with Crippen molar-refractivity contribution in [2.24, 2.45) is 5.41 Å². The van der Waals surface area contributed by atoms with Crippen molar-refractivity contribution in [3.8, 4) is 0 Å². The van der Waals surface area contributed by atoms with Gasteiger partial charge in [-0.25, -0.2) is 9.69 Å². The Hall–Kier alpha value is -3.75. The molecule has 2 aromatic rings. The van der Waals surface area contributed by atoms with Gasteiger partial charge in [-0.3, -0.25) is 25.0 Å². The maximum atomic E-state index is 14.1. The zero-order chi connectivity index (χ0) is 24.1. The molecule has 0 aromatic heterocycles. The minimum absolute atomic E-state index is 0.0294. The number of urea groups is 1. The highest BCUT2D eigenvalue weighted by molar-refractivity contribution is 6.31. The number of fused-ring (bicyclic) bond motifs is 1. The fraction of sp³-hybridized carbons (Fsp3) is 0.375. The first-order valence-electron chi connectivity index (χ1n) is 10.9. The minimum atomic E-state index is -1.60. The first-order valence-corrected chi connectivity index (χ1v) is 10.9. The van der Waals surface area contributed by atoms with Gasteiger partial charge in [0.05, 0.1) is 16.7 Å². The van der Waals surface area contributed by atoms with E-state index in [9.17, 15) is 24.5 Å². The van der Waals surface area contributed by atoms with Gasteiger partial charge in [-0.15, -0.1) is 0 Å². The molecule has 1 N–H and O–H groups in total. The minimum Gasteiger partial charge on any atom is -0.370 e. The van der Waals surface area contributed by atoms with Gasteiger partial charge in [-0.2, -0.15) is 0 Å². The van der Waals surface area contributed by atoms with E-state index in [-0.39, 0.29) is 12.1 Å². The molecule has 2 aliphatic heterocycles. The van der Waals surface area contributed by atoms with Crippen molar-refractivity contribution >= 4 is 34.9 Å². The largest absolute Gasteiger partial charge is 0.370 e. The Morgan fingerprint density at radius 3 is 2.45 bits per heavy atom. The zero-order valence-electron chi connectivity index (χ0n) is 19.0. The highest BCUT2D eigenvalue weighted by Crippen LogP contribution is 2.47. The highest BCUT2D eigenvalue weighted by atomic mass is 16.6. The number of nitrogens with one attached hydrogen (secondary N) is 1. The third kappa shape index (κ3) is 3.35. The molecule has 0 radical (unpaired) electrons. The molecule has 2 heterocycles. The molecule has 1 fully saturated rings. The molecule has 172 valence electrons. The smallest absolute Gasteiger partial charge is 0.335 e. The van der Waals surface area contributed by atoms with E-state index >= 15 is 0 Å². The van der Waals surface area contributed by atoms with Crippen molar-refractivity contribution in [1.82, 2.24) is 5.32 Å². The number of amides is 4. The molecule has 1 saturated heterocycles. The zero-order valence-corrected chi connectivity index (χ0v) is 19.0. The second-order valence-electron chi connectivity index (χ2n) is 8.82. The number of benzene rings is 2. The predicted octanol–water partition coefficient (Wildman–Crippen LogP) is 3.64. The normalized spacial score (nSPS) is 22.4. The Morgan fingerprint density at radius 1 is 1.12 bits per heavy atom.